The standard InChI is InChI=1S/C10H18N2O/c1-8(2)10(3,13)7-9-11-5-6-12(9)4/h5-6,8,13H,7H2,1-4H3. The van der Waals surface area contributed by atoms with Crippen molar-refractivity contribution < 1.29 is 5.11 Å². The van der Waals surface area contributed by atoms with Crippen molar-refractivity contribution in [2.75, 3.05) is 0 Å². The van der Waals surface area contributed by atoms with Crippen molar-refractivity contribution in [3.8, 4) is 0 Å². The predicted molar refractivity (Wildman–Crippen MR) is 52.4 cm³/mol. The van der Waals surface area contributed by atoms with Crippen molar-refractivity contribution in [1.29, 1.82) is 0 Å². The third-order valence-electron chi connectivity index (χ3n) is 2.68. The highest BCUT2D eigenvalue weighted by Crippen LogP contribution is 2.20. The molecular formula is C10H18N2O. The molecule has 13 heavy (non-hydrogen) atoms. The van der Waals surface area contributed by atoms with Crippen LogP contribution in [0.25, 0.3) is 0 Å². The van der Waals surface area contributed by atoms with Gasteiger partial charge in [0.05, 0.1) is 5.60 Å². The summed E-state index contributed by atoms with van der Waals surface area (Å²) < 4.78 is 1.94. The van der Waals surface area contributed by atoms with Gasteiger partial charge in [0.2, 0.25) is 0 Å². The van der Waals surface area contributed by atoms with Crippen LogP contribution in [-0.4, -0.2) is 20.3 Å². The molecule has 0 spiro atoms. The maximum absolute atomic E-state index is 10.0. The highest BCUT2D eigenvalue weighted by Gasteiger charge is 2.26. The molecule has 1 unspecified atom stereocenters. The normalized spacial score (nSPS) is 16.2. The maximum Gasteiger partial charge on any atom is 0.111 e. The third-order valence-corrected chi connectivity index (χ3v) is 2.68. The van der Waals surface area contributed by atoms with Gasteiger partial charge in [-0.1, -0.05) is 13.8 Å². The van der Waals surface area contributed by atoms with E-state index in [1.165, 1.54) is 0 Å². The maximum atomic E-state index is 10.0. The molecule has 0 radical (unpaired) electrons. The van der Waals surface area contributed by atoms with Crippen molar-refractivity contribution in [1.82, 2.24) is 9.55 Å². The molecule has 0 aliphatic heterocycles. The molecule has 1 aromatic heterocycles. The first-order valence-electron chi connectivity index (χ1n) is 4.62. The average molecular weight is 182 g/mol. The molecule has 74 valence electrons. The van der Waals surface area contributed by atoms with Gasteiger partial charge in [0, 0.05) is 25.9 Å². The van der Waals surface area contributed by atoms with E-state index >= 15 is 0 Å². The van der Waals surface area contributed by atoms with Crippen LogP contribution >= 0.6 is 0 Å². The van der Waals surface area contributed by atoms with E-state index in [9.17, 15) is 5.11 Å². The SMILES string of the molecule is CC(C)C(C)(O)Cc1nccn1C. The monoisotopic (exact) mass is 182 g/mol. The number of hydrogen-bond acceptors (Lipinski definition) is 2. The summed E-state index contributed by atoms with van der Waals surface area (Å²) in [6.45, 7) is 5.89. The fourth-order valence-corrected chi connectivity index (χ4v) is 1.09. The fraction of sp³-hybridized carbons (Fsp3) is 0.700. The zero-order chi connectivity index (χ0) is 10.1. The third kappa shape index (κ3) is 2.31. The number of aliphatic hydroxyl groups is 1. The molecule has 1 heterocycles. The molecule has 1 atom stereocenters. The summed E-state index contributed by atoms with van der Waals surface area (Å²) in [5, 5.41) is 10.0. The zero-order valence-corrected chi connectivity index (χ0v) is 8.78. The minimum atomic E-state index is -0.668. The topological polar surface area (TPSA) is 38.1 Å². The van der Waals surface area contributed by atoms with Gasteiger partial charge in [0.15, 0.2) is 0 Å². The van der Waals surface area contributed by atoms with E-state index in [-0.39, 0.29) is 5.92 Å². The van der Waals surface area contributed by atoms with Crippen LogP contribution in [-0.2, 0) is 13.5 Å². The Balaban J connectivity index is 2.74. The highest BCUT2D eigenvalue weighted by molar-refractivity contribution is 4.97. The Bertz CT molecular complexity index is 276. The molecule has 0 aliphatic rings. The summed E-state index contributed by atoms with van der Waals surface area (Å²) in [5.41, 5.74) is -0.668. The van der Waals surface area contributed by atoms with E-state index < -0.39 is 5.60 Å². The molecule has 0 aromatic carbocycles. The number of nitrogens with zero attached hydrogens (tertiary/aromatic N) is 2. The molecule has 3 nitrogen and oxygen atoms in total. The Kier molecular flexibility index (Phi) is 2.76. The van der Waals surface area contributed by atoms with Crippen LogP contribution in [0.5, 0.6) is 0 Å². The van der Waals surface area contributed by atoms with Gasteiger partial charge in [-0.05, 0) is 12.8 Å². The molecule has 3 heteroatoms. The van der Waals surface area contributed by atoms with E-state index in [4.69, 9.17) is 0 Å². The van der Waals surface area contributed by atoms with E-state index in [0.717, 1.165) is 5.82 Å². The van der Waals surface area contributed by atoms with Crippen molar-refractivity contribution in [2.24, 2.45) is 13.0 Å². The van der Waals surface area contributed by atoms with Crippen molar-refractivity contribution in [3.05, 3.63) is 18.2 Å². The van der Waals surface area contributed by atoms with Crippen molar-refractivity contribution >= 4 is 0 Å². The number of aromatic nitrogens is 2. The summed E-state index contributed by atoms with van der Waals surface area (Å²) in [6, 6.07) is 0. The number of imidazole rings is 1. The summed E-state index contributed by atoms with van der Waals surface area (Å²) in [4.78, 5) is 4.19. The molecule has 0 fully saturated rings. The minimum Gasteiger partial charge on any atom is -0.389 e. The lowest BCUT2D eigenvalue weighted by molar-refractivity contribution is 0.0116. The first-order valence-corrected chi connectivity index (χ1v) is 4.62. The number of aryl methyl sites for hydroxylation is 1. The van der Waals surface area contributed by atoms with Crippen LogP contribution < -0.4 is 0 Å². The van der Waals surface area contributed by atoms with Gasteiger partial charge in [-0.2, -0.15) is 0 Å². The van der Waals surface area contributed by atoms with Crippen molar-refractivity contribution in [2.45, 2.75) is 32.8 Å². The van der Waals surface area contributed by atoms with Crippen LogP contribution in [0.1, 0.15) is 26.6 Å². The quantitative estimate of drug-likeness (QED) is 0.766. The Labute approximate surface area is 79.4 Å². The molecule has 1 aromatic rings. The summed E-state index contributed by atoms with van der Waals surface area (Å²) in [6.07, 6.45) is 4.26. The summed E-state index contributed by atoms with van der Waals surface area (Å²) in [5.74, 6) is 1.17. The van der Waals surface area contributed by atoms with Crippen LogP contribution in [0.15, 0.2) is 12.4 Å². The second-order valence-electron chi connectivity index (χ2n) is 4.14. The second-order valence-corrected chi connectivity index (χ2v) is 4.14. The van der Waals surface area contributed by atoms with E-state index in [1.54, 1.807) is 6.20 Å². The lowest BCUT2D eigenvalue weighted by Crippen LogP contribution is -2.34. The average Bonchev–Trinajstić information content (AvgIpc) is 2.35. The molecule has 0 aliphatic carbocycles. The lowest BCUT2D eigenvalue weighted by Gasteiger charge is -2.27. The lowest BCUT2D eigenvalue weighted by atomic mass is 9.89. The number of rotatable bonds is 3. The Morgan fingerprint density at radius 1 is 1.62 bits per heavy atom. The molecule has 1 rings (SSSR count). The molecule has 0 bridgehead atoms. The smallest absolute Gasteiger partial charge is 0.111 e. The first-order chi connectivity index (χ1) is 5.93. The van der Waals surface area contributed by atoms with E-state index in [0.29, 0.717) is 6.42 Å². The molecule has 1 N–H and O–H groups in total. The van der Waals surface area contributed by atoms with Crippen LogP contribution in [0.2, 0.25) is 0 Å². The van der Waals surface area contributed by atoms with Crippen molar-refractivity contribution in [3.63, 3.8) is 0 Å². The van der Waals surface area contributed by atoms with E-state index in [2.05, 4.69) is 4.98 Å². The largest absolute Gasteiger partial charge is 0.389 e. The van der Waals surface area contributed by atoms with E-state index in [1.807, 2.05) is 38.6 Å². The molecule has 0 saturated carbocycles. The Morgan fingerprint density at radius 2 is 2.23 bits per heavy atom. The van der Waals surface area contributed by atoms with Gasteiger partial charge in [-0.3, -0.25) is 0 Å². The Morgan fingerprint density at radius 3 is 2.62 bits per heavy atom. The van der Waals surface area contributed by atoms with Crippen LogP contribution in [0.3, 0.4) is 0 Å². The van der Waals surface area contributed by atoms with Gasteiger partial charge >= 0.3 is 0 Å². The summed E-state index contributed by atoms with van der Waals surface area (Å²) in [7, 11) is 1.94. The summed E-state index contributed by atoms with van der Waals surface area (Å²) >= 11 is 0. The second kappa shape index (κ2) is 3.50. The van der Waals surface area contributed by atoms with Gasteiger partial charge in [-0.25, -0.2) is 4.98 Å². The molecular weight excluding hydrogens is 164 g/mol. The molecule has 0 amide bonds. The minimum absolute atomic E-state index is 0.240. The van der Waals surface area contributed by atoms with Gasteiger partial charge < -0.3 is 9.67 Å². The predicted octanol–water partition coefficient (Wildman–Crippen LogP) is 1.37. The van der Waals surface area contributed by atoms with Gasteiger partial charge in [0.1, 0.15) is 5.82 Å². The fourth-order valence-electron chi connectivity index (χ4n) is 1.09. The number of hydrogen-bond donors (Lipinski definition) is 1. The van der Waals surface area contributed by atoms with Gasteiger partial charge in [0.25, 0.3) is 0 Å². The van der Waals surface area contributed by atoms with Crippen LogP contribution in [0.4, 0.5) is 0 Å². The Hall–Kier alpha value is -0.830. The van der Waals surface area contributed by atoms with Gasteiger partial charge in [-0.15, -0.1) is 0 Å². The molecule has 0 saturated heterocycles. The zero-order valence-electron chi connectivity index (χ0n) is 8.78. The highest BCUT2D eigenvalue weighted by atomic mass is 16.3. The van der Waals surface area contributed by atoms with Crippen LogP contribution in [0, 0.1) is 5.92 Å². The first kappa shape index (κ1) is 10.3.